The van der Waals surface area contributed by atoms with E-state index in [0.29, 0.717) is 0 Å². The second-order valence-corrected chi connectivity index (χ2v) is 3.03. The largest absolute Gasteiger partial charge is 0.350 e. The Hall–Kier alpha value is -0.450. The average Bonchev–Trinajstić information content (AvgIpc) is 2.10. The minimum Gasteiger partial charge on any atom is -0.350 e. The van der Waals surface area contributed by atoms with Gasteiger partial charge in [0.1, 0.15) is 5.69 Å². The second kappa shape index (κ2) is 4.54. The van der Waals surface area contributed by atoms with Gasteiger partial charge in [-0.2, -0.15) is 0 Å². The Morgan fingerprint density at radius 3 is 2.58 bits per heavy atom. The highest BCUT2D eigenvalue weighted by Crippen LogP contribution is 2.22. The zero-order chi connectivity index (χ0) is 8.97. The first-order valence-corrected chi connectivity index (χ1v) is 4.25. The number of ether oxygens (including phenoxy) is 2. The van der Waals surface area contributed by atoms with Crippen molar-refractivity contribution in [2.24, 2.45) is 0 Å². The van der Waals surface area contributed by atoms with Gasteiger partial charge in [-0.3, -0.25) is 4.98 Å². The van der Waals surface area contributed by atoms with Crippen LogP contribution in [0.1, 0.15) is 12.0 Å². The molecule has 0 amide bonds. The molecule has 0 aliphatic carbocycles. The number of halogens is 1. The highest BCUT2D eigenvalue weighted by atomic mass is 79.9. The molecule has 0 N–H and O–H groups in total. The van der Waals surface area contributed by atoms with Crippen molar-refractivity contribution in [3.05, 3.63) is 28.5 Å². The number of hydrogen-bond donors (Lipinski definition) is 0. The van der Waals surface area contributed by atoms with Crippen LogP contribution in [0.3, 0.4) is 0 Å². The van der Waals surface area contributed by atoms with Crippen molar-refractivity contribution in [3.8, 4) is 0 Å². The first-order valence-electron chi connectivity index (χ1n) is 3.45. The monoisotopic (exact) mass is 231 g/mol. The van der Waals surface area contributed by atoms with Gasteiger partial charge in [0.15, 0.2) is 0 Å². The van der Waals surface area contributed by atoms with Gasteiger partial charge in [0.05, 0.1) is 0 Å². The molecule has 12 heavy (non-hydrogen) atoms. The number of pyridine rings is 1. The Morgan fingerprint density at radius 1 is 1.42 bits per heavy atom. The van der Waals surface area contributed by atoms with Gasteiger partial charge in [-0.1, -0.05) is 0 Å². The van der Waals surface area contributed by atoms with E-state index in [0.717, 1.165) is 10.2 Å². The maximum absolute atomic E-state index is 5.05. The van der Waals surface area contributed by atoms with E-state index in [1.54, 1.807) is 20.4 Å². The van der Waals surface area contributed by atoms with Crippen LogP contribution in [0.15, 0.2) is 22.8 Å². The van der Waals surface area contributed by atoms with Crippen molar-refractivity contribution in [3.63, 3.8) is 0 Å². The van der Waals surface area contributed by atoms with E-state index in [1.165, 1.54) is 0 Å². The van der Waals surface area contributed by atoms with Crippen molar-refractivity contribution in [2.45, 2.75) is 6.29 Å². The molecule has 0 spiro atoms. The van der Waals surface area contributed by atoms with Gasteiger partial charge in [0.2, 0.25) is 6.29 Å². The molecule has 0 radical (unpaired) electrons. The van der Waals surface area contributed by atoms with Crippen LogP contribution < -0.4 is 0 Å². The molecule has 0 aliphatic heterocycles. The highest BCUT2D eigenvalue weighted by Gasteiger charge is 2.12. The van der Waals surface area contributed by atoms with Gasteiger partial charge in [-0.25, -0.2) is 0 Å². The number of rotatable bonds is 3. The van der Waals surface area contributed by atoms with Crippen LogP contribution in [0.4, 0.5) is 0 Å². The van der Waals surface area contributed by atoms with Crippen LogP contribution in [-0.4, -0.2) is 19.2 Å². The highest BCUT2D eigenvalue weighted by molar-refractivity contribution is 9.10. The number of aromatic nitrogens is 1. The average molecular weight is 232 g/mol. The Kier molecular flexibility index (Phi) is 3.65. The van der Waals surface area contributed by atoms with E-state index in [1.807, 2.05) is 12.1 Å². The first-order chi connectivity index (χ1) is 5.79. The zero-order valence-electron chi connectivity index (χ0n) is 6.95. The fraction of sp³-hybridized carbons (Fsp3) is 0.375. The molecule has 4 heteroatoms. The topological polar surface area (TPSA) is 31.4 Å². The molecule has 3 nitrogen and oxygen atoms in total. The maximum atomic E-state index is 5.05. The third-order valence-electron chi connectivity index (χ3n) is 1.44. The summed E-state index contributed by atoms with van der Waals surface area (Å²) in [6.45, 7) is 0. The van der Waals surface area contributed by atoms with E-state index in [-0.39, 0.29) is 0 Å². The molecule has 1 heterocycles. The molecule has 0 fully saturated rings. The Morgan fingerprint density at radius 2 is 2.08 bits per heavy atom. The van der Waals surface area contributed by atoms with Crippen molar-refractivity contribution in [1.29, 1.82) is 0 Å². The summed E-state index contributed by atoms with van der Waals surface area (Å²) < 4.78 is 11.0. The van der Waals surface area contributed by atoms with Crippen LogP contribution in [-0.2, 0) is 9.47 Å². The normalized spacial score (nSPS) is 10.7. The van der Waals surface area contributed by atoms with Crippen LogP contribution in [0.2, 0.25) is 0 Å². The molecule has 66 valence electrons. The van der Waals surface area contributed by atoms with E-state index in [9.17, 15) is 0 Å². The minimum atomic E-state index is -0.402. The number of nitrogens with zero attached hydrogens (tertiary/aromatic N) is 1. The van der Waals surface area contributed by atoms with Crippen molar-refractivity contribution in [2.75, 3.05) is 14.2 Å². The lowest BCUT2D eigenvalue weighted by Crippen LogP contribution is -2.06. The van der Waals surface area contributed by atoms with Crippen LogP contribution in [0, 0.1) is 0 Å². The molecule has 1 aromatic heterocycles. The van der Waals surface area contributed by atoms with Gasteiger partial charge in [0.25, 0.3) is 0 Å². The Labute approximate surface area is 79.8 Å². The molecule has 0 saturated carbocycles. The molecule has 0 saturated heterocycles. The van der Waals surface area contributed by atoms with Gasteiger partial charge < -0.3 is 9.47 Å². The van der Waals surface area contributed by atoms with Crippen molar-refractivity contribution < 1.29 is 9.47 Å². The molecule has 0 aliphatic rings. The maximum Gasteiger partial charge on any atom is 0.201 e. The van der Waals surface area contributed by atoms with Crippen molar-refractivity contribution in [1.82, 2.24) is 4.98 Å². The van der Waals surface area contributed by atoms with E-state index in [2.05, 4.69) is 20.9 Å². The van der Waals surface area contributed by atoms with Crippen LogP contribution in [0.5, 0.6) is 0 Å². The van der Waals surface area contributed by atoms with Gasteiger partial charge in [-0.15, -0.1) is 0 Å². The van der Waals surface area contributed by atoms with Crippen molar-refractivity contribution >= 4 is 15.9 Å². The van der Waals surface area contributed by atoms with Crippen LogP contribution in [0.25, 0.3) is 0 Å². The van der Waals surface area contributed by atoms with E-state index in [4.69, 9.17) is 9.47 Å². The summed E-state index contributed by atoms with van der Waals surface area (Å²) in [6, 6.07) is 3.74. The fourth-order valence-electron chi connectivity index (χ4n) is 0.891. The summed E-state index contributed by atoms with van der Waals surface area (Å²) in [5.41, 5.74) is 0.752. The Bertz CT molecular complexity index is 251. The summed E-state index contributed by atoms with van der Waals surface area (Å²) in [4.78, 5) is 4.12. The predicted molar refractivity (Wildman–Crippen MR) is 48.7 cm³/mol. The molecule has 0 bridgehead atoms. The standard InChI is InChI=1S/C8H10BrNO2/c1-11-8(12-2)7-6(9)4-3-5-10-7/h3-5,8H,1-2H3. The molecular weight excluding hydrogens is 222 g/mol. The second-order valence-electron chi connectivity index (χ2n) is 2.17. The quantitative estimate of drug-likeness (QED) is 0.748. The SMILES string of the molecule is COC(OC)c1ncccc1Br. The van der Waals surface area contributed by atoms with Gasteiger partial charge >= 0.3 is 0 Å². The number of hydrogen-bond acceptors (Lipinski definition) is 3. The lowest BCUT2D eigenvalue weighted by molar-refractivity contribution is -0.109. The Balaban J connectivity index is 2.92. The number of methoxy groups -OCH3 is 2. The molecule has 1 rings (SSSR count). The summed E-state index contributed by atoms with van der Waals surface area (Å²) >= 11 is 3.36. The summed E-state index contributed by atoms with van der Waals surface area (Å²) in [6.07, 6.45) is 1.30. The minimum absolute atomic E-state index is 0.402. The molecule has 0 aromatic carbocycles. The summed E-state index contributed by atoms with van der Waals surface area (Å²) in [5.74, 6) is 0. The predicted octanol–water partition coefficient (Wildman–Crippen LogP) is 2.14. The summed E-state index contributed by atoms with van der Waals surface area (Å²) in [7, 11) is 3.16. The summed E-state index contributed by atoms with van der Waals surface area (Å²) in [5, 5.41) is 0. The third-order valence-corrected chi connectivity index (χ3v) is 2.11. The molecule has 0 atom stereocenters. The molecular formula is C8H10BrNO2. The van der Waals surface area contributed by atoms with E-state index >= 15 is 0 Å². The first kappa shape index (κ1) is 9.64. The molecule has 1 aromatic rings. The zero-order valence-corrected chi connectivity index (χ0v) is 8.54. The smallest absolute Gasteiger partial charge is 0.201 e. The van der Waals surface area contributed by atoms with E-state index < -0.39 is 6.29 Å². The van der Waals surface area contributed by atoms with Crippen LogP contribution >= 0.6 is 15.9 Å². The third kappa shape index (κ3) is 2.03. The van der Waals surface area contributed by atoms with Gasteiger partial charge in [-0.05, 0) is 28.1 Å². The fourth-order valence-corrected chi connectivity index (χ4v) is 1.33. The lowest BCUT2D eigenvalue weighted by atomic mass is 10.3. The molecule has 0 unspecified atom stereocenters. The lowest BCUT2D eigenvalue weighted by Gasteiger charge is -2.13. The van der Waals surface area contributed by atoms with Gasteiger partial charge in [0, 0.05) is 24.9 Å².